The van der Waals surface area contributed by atoms with E-state index < -0.39 is 0 Å². The maximum atomic E-state index is 7.53. The van der Waals surface area contributed by atoms with E-state index in [-0.39, 0.29) is 44.6 Å². The fraction of sp³-hybridized carbons (Fsp3) is 0.467. The number of rotatable bonds is 2. The molecule has 332 valence electrons. The fourth-order valence-electron chi connectivity index (χ4n) is 11.8. The summed E-state index contributed by atoms with van der Waals surface area (Å²) in [6, 6.07) is 34.2. The summed E-state index contributed by atoms with van der Waals surface area (Å²) >= 11 is 0. The molecule has 0 spiro atoms. The second-order valence-corrected chi connectivity index (χ2v) is 26.1. The summed E-state index contributed by atoms with van der Waals surface area (Å²) < 4.78 is 7.53. The van der Waals surface area contributed by atoms with Crippen molar-refractivity contribution in [1.82, 2.24) is 0 Å². The van der Waals surface area contributed by atoms with Gasteiger partial charge in [-0.2, -0.15) is 0 Å². The van der Waals surface area contributed by atoms with Crippen LogP contribution in [0.25, 0.3) is 11.0 Å². The molecule has 2 aliphatic heterocycles. The molecule has 0 N–H and O–H groups in total. The van der Waals surface area contributed by atoms with Gasteiger partial charge >= 0.3 is 0 Å². The second kappa shape index (κ2) is 13.5. The SMILES string of the molecule is CC(C)(C)c1ccc(N2c3cc4c(cc3B3c5c2cc(C(C)(C)C)cc5N(c2ccc(C(C)(C)C)cc2)c2oc5cc6c(cc5c23)C(C)(C)CCC6(C)C)C(C)(C)CCC4(C)C)cc1. The topological polar surface area (TPSA) is 19.6 Å². The zero-order valence-electron chi connectivity index (χ0n) is 42.3. The average Bonchev–Trinajstić information content (AvgIpc) is 3.57. The molecule has 0 bridgehead atoms. The van der Waals surface area contributed by atoms with Crippen molar-refractivity contribution in [1.29, 1.82) is 0 Å². The Morgan fingerprint density at radius 1 is 0.438 bits per heavy atom. The lowest BCUT2D eigenvalue weighted by molar-refractivity contribution is 0.332. The van der Waals surface area contributed by atoms with Gasteiger partial charge in [0.1, 0.15) is 5.58 Å². The predicted molar refractivity (Wildman–Crippen MR) is 277 cm³/mol. The Morgan fingerprint density at radius 3 is 1.31 bits per heavy atom. The van der Waals surface area contributed by atoms with E-state index in [1.807, 2.05) is 0 Å². The van der Waals surface area contributed by atoms with Crippen LogP contribution in [0.2, 0.25) is 0 Å². The summed E-state index contributed by atoms with van der Waals surface area (Å²) in [6.07, 6.45) is 4.66. The van der Waals surface area contributed by atoms with E-state index in [2.05, 4.69) is 212 Å². The minimum Gasteiger partial charge on any atom is -0.440 e. The van der Waals surface area contributed by atoms with Crippen molar-refractivity contribution >= 4 is 68.4 Å². The van der Waals surface area contributed by atoms with Crippen LogP contribution in [-0.4, -0.2) is 6.71 Å². The van der Waals surface area contributed by atoms with Gasteiger partial charge in [-0.15, -0.1) is 0 Å². The first kappa shape index (κ1) is 43.2. The monoisotopic (exact) mass is 849 g/mol. The maximum Gasteiger partial charge on any atom is 0.257 e. The Balaban J connectivity index is 1.37. The van der Waals surface area contributed by atoms with Crippen LogP contribution in [0.3, 0.4) is 0 Å². The molecule has 1 aromatic heterocycles. The zero-order valence-corrected chi connectivity index (χ0v) is 42.3. The largest absolute Gasteiger partial charge is 0.440 e. The number of benzene rings is 5. The van der Waals surface area contributed by atoms with Gasteiger partial charge < -0.3 is 9.32 Å². The molecule has 4 heteroatoms. The number of anilines is 6. The number of furan rings is 1. The molecule has 0 atom stereocenters. The second-order valence-electron chi connectivity index (χ2n) is 26.1. The molecule has 0 saturated heterocycles. The van der Waals surface area contributed by atoms with Gasteiger partial charge in [0.25, 0.3) is 6.71 Å². The highest BCUT2D eigenvalue weighted by atomic mass is 16.4. The maximum absolute atomic E-state index is 7.53. The Hall–Kier alpha value is -4.70. The first-order valence-corrected chi connectivity index (χ1v) is 24.4. The van der Waals surface area contributed by atoms with E-state index in [9.17, 15) is 0 Å². The van der Waals surface area contributed by atoms with Gasteiger partial charge in [-0.05, 0) is 168 Å². The standard InChI is InChI=1S/C60H73BN2O/c1-54(2,3)36-18-22-39(23-19-36)62-47-34-44-43(58(12,13)27-28-59(44,14)15)33-46(47)61-51-41-32-42-45(60(16,17)29-26-57(42,10)11)35-50(41)64-53(51)63(40-24-20-37(21-25-40)55(4,5)6)49-31-38(56(7,8)9)30-48(62)52(49)61/h18-25,30-35H,26-29H2,1-17H3. The summed E-state index contributed by atoms with van der Waals surface area (Å²) in [5.41, 5.74) is 21.2. The van der Waals surface area contributed by atoms with Gasteiger partial charge in [-0.25, -0.2) is 0 Å². The summed E-state index contributed by atoms with van der Waals surface area (Å²) in [4.78, 5) is 5.14. The van der Waals surface area contributed by atoms with Crippen LogP contribution in [0.1, 0.15) is 182 Å². The third-order valence-electron chi connectivity index (χ3n) is 16.5. The lowest BCUT2D eigenvalue weighted by Gasteiger charge is -2.47. The number of fused-ring (bicyclic) bond motifs is 8. The van der Waals surface area contributed by atoms with Crippen molar-refractivity contribution in [2.24, 2.45) is 0 Å². The minimum absolute atomic E-state index is 0.0360. The Labute approximate surface area is 386 Å². The van der Waals surface area contributed by atoms with Crippen LogP contribution >= 0.6 is 0 Å². The molecule has 0 fully saturated rings. The molecule has 64 heavy (non-hydrogen) atoms. The molecule has 4 aliphatic rings. The van der Waals surface area contributed by atoms with Crippen molar-refractivity contribution < 1.29 is 4.42 Å². The van der Waals surface area contributed by atoms with E-state index in [1.165, 1.54) is 103 Å². The van der Waals surface area contributed by atoms with Crippen LogP contribution in [0.15, 0.2) is 89.3 Å². The molecule has 2 aliphatic carbocycles. The smallest absolute Gasteiger partial charge is 0.257 e. The predicted octanol–water partition coefficient (Wildman–Crippen LogP) is 15.1. The van der Waals surface area contributed by atoms with Crippen LogP contribution in [0.4, 0.5) is 34.3 Å². The summed E-state index contributed by atoms with van der Waals surface area (Å²) in [7, 11) is 0. The molecule has 5 aromatic carbocycles. The zero-order chi connectivity index (χ0) is 46.1. The molecule has 6 aromatic rings. The van der Waals surface area contributed by atoms with Crippen molar-refractivity contribution in [3.63, 3.8) is 0 Å². The minimum atomic E-state index is -0.114. The Morgan fingerprint density at radius 2 is 0.844 bits per heavy atom. The molecule has 0 amide bonds. The molecule has 10 rings (SSSR count). The highest BCUT2D eigenvalue weighted by Gasteiger charge is 2.50. The first-order valence-electron chi connectivity index (χ1n) is 24.4. The van der Waals surface area contributed by atoms with Crippen molar-refractivity contribution in [2.75, 3.05) is 9.80 Å². The van der Waals surface area contributed by atoms with Crippen molar-refractivity contribution in [3.05, 3.63) is 124 Å². The van der Waals surface area contributed by atoms with Gasteiger partial charge in [0.05, 0.1) is 0 Å². The molecule has 3 heterocycles. The first-order chi connectivity index (χ1) is 29.6. The average molecular weight is 849 g/mol. The van der Waals surface area contributed by atoms with E-state index >= 15 is 0 Å². The normalized spacial score (nSPS) is 19.2. The molecule has 0 radical (unpaired) electrons. The Kier molecular flexibility index (Phi) is 9.08. The quantitative estimate of drug-likeness (QED) is 0.162. The molecular weight excluding hydrogens is 775 g/mol. The van der Waals surface area contributed by atoms with Gasteiger partial charge in [-0.3, -0.25) is 4.90 Å². The molecular formula is C60H73BN2O. The third-order valence-corrected chi connectivity index (χ3v) is 16.5. The van der Waals surface area contributed by atoms with Crippen LogP contribution in [-0.2, 0) is 37.9 Å². The van der Waals surface area contributed by atoms with Gasteiger partial charge in [0.15, 0.2) is 0 Å². The number of hydrogen-bond donors (Lipinski definition) is 0. The van der Waals surface area contributed by atoms with Gasteiger partial charge in [0.2, 0.25) is 5.88 Å². The van der Waals surface area contributed by atoms with E-state index in [0.29, 0.717) is 0 Å². The Bertz CT molecular complexity index is 2880. The third kappa shape index (κ3) is 6.49. The van der Waals surface area contributed by atoms with Crippen LogP contribution < -0.4 is 26.2 Å². The summed E-state index contributed by atoms with van der Waals surface area (Å²) in [5.74, 6) is 0.956. The lowest BCUT2D eigenvalue weighted by Crippen LogP contribution is -2.61. The van der Waals surface area contributed by atoms with Crippen LogP contribution in [0.5, 0.6) is 0 Å². The molecule has 0 unspecified atom stereocenters. The van der Waals surface area contributed by atoms with E-state index in [0.717, 1.165) is 23.6 Å². The van der Waals surface area contributed by atoms with Gasteiger partial charge in [0, 0.05) is 39.3 Å². The fourth-order valence-corrected chi connectivity index (χ4v) is 11.8. The molecule has 0 saturated carbocycles. The van der Waals surface area contributed by atoms with E-state index in [1.54, 1.807) is 0 Å². The van der Waals surface area contributed by atoms with Crippen LogP contribution in [0, 0.1) is 0 Å². The summed E-state index contributed by atoms with van der Waals surface area (Å²) in [6.45, 7) is 40.6. The lowest BCUT2D eigenvalue weighted by atomic mass is 9.33. The van der Waals surface area contributed by atoms with E-state index in [4.69, 9.17) is 4.42 Å². The van der Waals surface area contributed by atoms with Crippen molar-refractivity contribution in [2.45, 2.75) is 181 Å². The highest BCUT2D eigenvalue weighted by molar-refractivity contribution is 7.01. The number of nitrogens with zero attached hydrogens (tertiary/aromatic N) is 2. The number of hydrogen-bond acceptors (Lipinski definition) is 3. The molecule has 3 nitrogen and oxygen atoms in total. The van der Waals surface area contributed by atoms with Crippen molar-refractivity contribution in [3.8, 4) is 0 Å². The highest BCUT2D eigenvalue weighted by Crippen LogP contribution is 2.53. The van der Waals surface area contributed by atoms with Gasteiger partial charge in [-0.1, -0.05) is 148 Å². The summed E-state index contributed by atoms with van der Waals surface area (Å²) in [5, 5.41) is 1.25.